The molecule has 20 heavy (non-hydrogen) atoms. The monoisotopic (exact) mass is 299 g/mol. The van der Waals surface area contributed by atoms with E-state index < -0.39 is 12.0 Å². The normalized spacial score (nSPS) is 17.7. The molecule has 0 bridgehead atoms. The minimum atomic E-state index is -0.821. The highest BCUT2D eigenvalue weighted by molar-refractivity contribution is 6.32. The van der Waals surface area contributed by atoms with E-state index in [1.54, 1.807) is 19.2 Å². The average Bonchev–Trinajstić information content (AvgIpc) is 2.45. The van der Waals surface area contributed by atoms with Gasteiger partial charge in [0, 0.05) is 13.1 Å². The molecule has 1 aliphatic rings. The van der Waals surface area contributed by atoms with E-state index in [1.807, 2.05) is 11.0 Å². The van der Waals surface area contributed by atoms with Crippen LogP contribution in [0.2, 0.25) is 5.02 Å². The van der Waals surface area contributed by atoms with Gasteiger partial charge in [0.05, 0.1) is 25.3 Å². The quantitative estimate of drug-likeness (QED) is 0.896. The Hall–Kier alpha value is -1.30. The minimum Gasteiger partial charge on any atom is -0.495 e. The van der Waals surface area contributed by atoms with Crippen molar-refractivity contribution >= 4 is 17.6 Å². The van der Waals surface area contributed by atoms with Crippen LogP contribution >= 0.6 is 11.6 Å². The Morgan fingerprint density at radius 3 is 2.75 bits per heavy atom. The predicted molar refractivity (Wildman–Crippen MR) is 75.5 cm³/mol. The maximum atomic E-state index is 11.5. The number of carboxylic acids is 1. The van der Waals surface area contributed by atoms with Crippen LogP contribution in [0.4, 0.5) is 0 Å². The summed E-state index contributed by atoms with van der Waals surface area (Å²) in [5.41, 5.74) is 0.884. The van der Waals surface area contributed by atoms with E-state index in [2.05, 4.69) is 0 Å². The molecule has 1 aliphatic heterocycles. The standard InChI is InChI=1S/C14H18ClNO4/c1-19-13-3-2-10(8-11(13)15)9-12(14(17)18)16-4-6-20-7-5-16/h2-3,8,12H,4-7,9H2,1H3,(H,17,18)/t12-/m1/s1. The summed E-state index contributed by atoms with van der Waals surface area (Å²) >= 11 is 6.07. The summed E-state index contributed by atoms with van der Waals surface area (Å²) in [6.07, 6.45) is 0.416. The molecule has 0 radical (unpaired) electrons. The molecule has 0 saturated carbocycles. The van der Waals surface area contributed by atoms with E-state index in [4.69, 9.17) is 21.1 Å². The lowest BCUT2D eigenvalue weighted by Gasteiger charge is -2.32. The number of benzene rings is 1. The molecule has 1 saturated heterocycles. The Morgan fingerprint density at radius 1 is 1.50 bits per heavy atom. The van der Waals surface area contributed by atoms with Gasteiger partial charge in [-0.3, -0.25) is 9.69 Å². The first-order chi connectivity index (χ1) is 9.61. The summed E-state index contributed by atoms with van der Waals surface area (Å²) < 4.78 is 10.4. The number of carboxylic acid groups (broad SMARTS) is 1. The van der Waals surface area contributed by atoms with Gasteiger partial charge in [-0.25, -0.2) is 0 Å². The SMILES string of the molecule is COc1ccc(C[C@H](C(=O)O)N2CCOCC2)cc1Cl. The van der Waals surface area contributed by atoms with E-state index in [1.165, 1.54) is 0 Å². The van der Waals surface area contributed by atoms with Crippen molar-refractivity contribution < 1.29 is 19.4 Å². The van der Waals surface area contributed by atoms with Gasteiger partial charge in [0.2, 0.25) is 0 Å². The molecular weight excluding hydrogens is 282 g/mol. The number of hydrogen-bond acceptors (Lipinski definition) is 4. The van der Waals surface area contributed by atoms with E-state index in [0.717, 1.165) is 5.56 Å². The molecule has 1 fully saturated rings. The van der Waals surface area contributed by atoms with Crippen molar-refractivity contribution in [3.8, 4) is 5.75 Å². The summed E-state index contributed by atoms with van der Waals surface area (Å²) in [7, 11) is 1.55. The Labute approximate surface area is 123 Å². The Balaban J connectivity index is 2.11. The summed E-state index contributed by atoms with van der Waals surface area (Å²) in [5.74, 6) is -0.229. The number of ether oxygens (including phenoxy) is 2. The first kappa shape index (κ1) is 15.1. The van der Waals surface area contributed by atoms with Crippen LogP contribution in [0.1, 0.15) is 5.56 Å². The van der Waals surface area contributed by atoms with Crippen molar-refractivity contribution in [1.82, 2.24) is 4.90 Å². The number of halogens is 1. The Morgan fingerprint density at radius 2 is 2.20 bits per heavy atom. The molecule has 110 valence electrons. The van der Waals surface area contributed by atoms with Gasteiger partial charge in [-0.15, -0.1) is 0 Å². The first-order valence-electron chi connectivity index (χ1n) is 6.49. The molecule has 0 unspecified atom stereocenters. The summed E-state index contributed by atoms with van der Waals surface area (Å²) in [6.45, 7) is 2.43. The fourth-order valence-electron chi connectivity index (χ4n) is 2.32. The molecule has 5 nitrogen and oxygen atoms in total. The lowest BCUT2D eigenvalue weighted by atomic mass is 10.0. The molecule has 1 atom stereocenters. The third-order valence-electron chi connectivity index (χ3n) is 3.42. The van der Waals surface area contributed by atoms with Crippen molar-refractivity contribution in [3.05, 3.63) is 28.8 Å². The third kappa shape index (κ3) is 3.62. The van der Waals surface area contributed by atoms with Gasteiger partial charge in [-0.2, -0.15) is 0 Å². The highest BCUT2D eigenvalue weighted by Crippen LogP contribution is 2.26. The van der Waals surface area contributed by atoms with E-state index in [-0.39, 0.29) is 0 Å². The lowest BCUT2D eigenvalue weighted by molar-refractivity contribution is -0.145. The molecule has 6 heteroatoms. The molecule has 1 aromatic carbocycles. The van der Waals surface area contributed by atoms with Crippen LogP contribution in [0.25, 0.3) is 0 Å². The van der Waals surface area contributed by atoms with Crippen LogP contribution in [0.15, 0.2) is 18.2 Å². The number of nitrogens with zero attached hydrogens (tertiary/aromatic N) is 1. The number of aliphatic carboxylic acids is 1. The van der Waals surface area contributed by atoms with Crippen molar-refractivity contribution in [3.63, 3.8) is 0 Å². The number of methoxy groups -OCH3 is 1. The van der Waals surface area contributed by atoms with Crippen LogP contribution in [-0.2, 0) is 16.0 Å². The van der Waals surface area contributed by atoms with Gasteiger partial charge in [-0.1, -0.05) is 17.7 Å². The molecule has 1 N–H and O–H groups in total. The smallest absolute Gasteiger partial charge is 0.321 e. The lowest BCUT2D eigenvalue weighted by Crippen LogP contribution is -2.48. The van der Waals surface area contributed by atoms with E-state index in [9.17, 15) is 9.90 Å². The van der Waals surface area contributed by atoms with E-state index in [0.29, 0.717) is 43.5 Å². The Bertz CT molecular complexity index is 474. The maximum Gasteiger partial charge on any atom is 0.321 e. The van der Waals surface area contributed by atoms with Crippen LogP contribution in [0.5, 0.6) is 5.75 Å². The first-order valence-corrected chi connectivity index (χ1v) is 6.86. The van der Waals surface area contributed by atoms with Crippen molar-refractivity contribution in [2.75, 3.05) is 33.4 Å². The van der Waals surface area contributed by atoms with Crippen LogP contribution in [0, 0.1) is 0 Å². The minimum absolute atomic E-state index is 0.416. The number of rotatable bonds is 5. The fraction of sp³-hybridized carbons (Fsp3) is 0.500. The van der Waals surface area contributed by atoms with Crippen LogP contribution in [0.3, 0.4) is 0 Å². The fourth-order valence-corrected chi connectivity index (χ4v) is 2.60. The second-order valence-electron chi connectivity index (χ2n) is 4.68. The largest absolute Gasteiger partial charge is 0.495 e. The molecule has 0 spiro atoms. The van der Waals surface area contributed by atoms with Crippen LogP contribution < -0.4 is 4.74 Å². The molecule has 2 rings (SSSR count). The average molecular weight is 300 g/mol. The highest BCUT2D eigenvalue weighted by atomic mass is 35.5. The second kappa shape index (κ2) is 6.92. The van der Waals surface area contributed by atoms with Gasteiger partial charge in [0.1, 0.15) is 11.8 Å². The van der Waals surface area contributed by atoms with Gasteiger partial charge in [0.25, 0.3) is 0 Å². The molecule has 1 heterocycles. The van der Waals surface area contributed by atoms with E-state index >= 15 is 0 Å². The molecular formula is C14H18ClNO4. The van der Waals surface area contributed by atoms with Crippen LogP contribution in [-0.4, -0.2) is 55.4 Å². The van der Waals surface area contributed by atoms with Gasteiger partial charge in [0.15, 0.2) is 0 Å². The second-order valence-corrected chi connectivity index (χ2v) is 5.08. The molecule has 1 aromatic rings. The highest BCUT2D eigenvalue weighted by Gasteiger charge is 2.27. The summed E-state index contributed by atoms with van der Waals surface area (Å²) in [4.78, 5) is 13.4. The van der Waals surface area contributed by atoms with Gasteiger partial charge in [-0.05, 0) is 24.1 Å². The third-order valence-corrected chi connectivity index (χ3v) is 3.71. The van der Waals surface area contributed by atoms with Gasteiger partial charge < -0.3 is 14.6 Å². The molecule has 0 amide bonds. The van der Waals surface area contributed by atoms with Crippen molar-refractivity contribution in [1.29, 1.82) is 0 Å². The van der Waals surface area contributed by atoms with Crippen molar-refractivity contribution in [2.24, 2.45) is 0 Å². The maximum absolute atomic E-state index is 11.5. The topological polar surface area (TPSA) is 59.0 Å². The Kier molecular flexibility index (Phi) is 5.23. The van der Waals surface area contributed by atoms with Crippen molar-refractivity contribution in [2.45, 2.75) is 12.5 Å². The summed E-state index contributed by atoms with van der Waals surface area (Å²) in [6, 6.07) is 4.82. The zero-order valence-corrected chi connectivity index (χ0v) is 12.1. The molecule has 0 aromatic heterocycles. The zero-order chi connectivity index (χ0) is 14.5. The number of morpholine rings is 1. The predicted octanol–water partition coefficient (Wildman–Crippen LogP) is 1.68. The number of hydrogen-bond donors (Lipinski definition) is 1. The summed E-state index contributed by atoms with van der Waals surface area (Å²) in [5, 5.41) is 9.91. The number of carbonyl (C=O) groups is 1. The zero-order valence-electron chi connectivity index (χ0n) is 11.3. The molecule has 0 aliphatic carbocycles. The van der Waals surface area contributed by atoms with Gasteiger partial charge >= 0.3 is 5.97 Å².